The summed E-state index contributed by atoms with van der Waals surface area (Å²) in [6, 6.07) is 4.08. The molecule has 5 nitrogen and oxygen atoms in total. The fourth-order valence-corrected chi connectivity index (χ4v) is 2.77. The van der Waals surface area contributed by atoms with Crippen molar-refractivity contribution < 1.29 is 13.9 Å². The fourth-order valence-electron chi connectivity index (χ4n) is 2.77. The van der Waals surface area contributed by atoms with Crippen LogP contribution in [0.2, 0.25) is 0 Å². The van der Waals surface area contributed by atoms with Crippen LogP contribution in [0.4, 0.5) is 0 Å². The van der Waals surface area contributed by atoms with Crippen molar-refractivity contribution in [2.24, 2.45) is 0 Å². The van der Waals surface area contributed by atoms with Crippen LogP contribution in [0.25, 0.3) is 0 Å². The number of nitrogens with one attached hydrogen (secondary N) is 1. The van der Waals surface area contributed by atoms with Gasteiger partial charge in [-0.1, -0.05) is 19.8 Å². The highest BCUT2D eigenvalue weighted by molar-refractivity contribution is 5.75. The molecule has 124 valence electrons. The van der Waals surface area contributed by atoms with E-state index in [9.17, 15) is 4.79 Å². The number of carbonyl (C=O) groups is 1. The predicted octanol–water partition coefficient (Wildman–Crippen LogP) is 2.66. The van der Waals surface area contributed by atoms with Crippen molar-refractivity contribution in [1.82, 2.24) is 10.2 Å². The molecule has 1 aromatic rings. The Morgan fingerprint density at radius 2 is 2.09 bits per heavy atom. The summed E-state index contributed by atoms with van der Waals surface area (Å²) in [5, 5.41) is 3.07. The summed E-state index contributed by atoms with van der Waals surface area (Å²) < 4.78 is 11.2. The second kappa shape index (κ2) is 8.96. The normalized spacial score (nSPS) is 17.4. The number of hydrogen-bond donors (Lipinski definition) is 1. The topological polar surface area (TPSA) is 54.7 Å². The van der Waals surface area contributed by atoms with Gasteiger partial charge in [-0.15, -0.1) is 0 Å². The Kier molecular flexibility index (Phi) is 6.93. The molecule has 5 heteroatoms. The first kappa shape index (κ1) is 17.0. The number of hydrogen-bond acceptors (Lipinski definition) is 4. The van der Waals surface area contributed by atoms with E-state index < -0.39 is 0 Å². The molecule has 0 spiro atoms. The molecule has 0 radical (unpaired) electrons. The molecule has 1 saturated heterocycles. The van der Waals surface area contributed by atoms with Crippen LogP contribution in [-0.4, -0.2) is 43.7 Å². The van der Waals surface area contributed by atoms with Crippen molar-refractivity contribution in [3.8, 4) is 0 Å². The lowest BCUT2D eigenvalue weighted by molar-refractivity contribution is -0.121. The Bertz CT molecular complexity index is 453. The van der Waals surface area contributed by atoms with E-state index in [0.717, 1.165) is 57.1 Å². The van der Waals surface area contributed by atoms with E-state index in [0.29, 0.717) is 13.0 Å². The molecule has 1 amide bonds. The minimum Gasteiger partial charge on any atom is -0.465 e. The molecule has 0 aromatic carbocycles. The van der Waals surface area contributed by atoms with Gasteiger partial charge >= 0.3 is 0 Å². The maximum absolute atomic E-state index is 12.0. The SMILES string of the molecule is CCCCCC(=O)NCC(c1ccc(C)o1)N1CCOCC1. The molecule has 1 unspecified atom stereocenters. The molecule has 0 saturated carbocycles. The molecule has 1 aliphatic heterocycles. The summed E-state index contributed by atoms with van der Waals surface area (Å²) in [5.74, 6) is 1.96. The van der Waals surface area contributed by atoms with Crippen LogP contribution in [0.3, 0.4) is 0 Å². The highest BCUT2D eigenvalue weighted by atomic mass is 16.5. The number of nitrogens with zero attached hydrogens (tertiary/aromatic N) is 1. The Morgan fingerprint density at radius 3 is 2.73 bits per heavy atom. The van der Waals surface area contributed by atoms with Gasteiger partial charge in [0.05, 0.1) is 19.3 Å². The Morgan fingerprint density at radius 1 is 1.32 bits per heavy atom. The van der Waals surface area contributed by atoms with Crippen molar-refractivity contribution in [3.05, 3.63) is 23.7 Å². The standard InChI is InChI=1S/C17H28N2O3/c1-3-4-5-6-17(20)18-13-15(16-8-7-14(2)22-16)19-9-11-21-12-10-19/h7-8,15H,3-6,9-13H2,1-2H3,(H,18,20). The summed E-state index contributed by atoms with van der Waals surface area (Å²) in [5.41, 5.74) is 0. The van der Waals surface area contributed by atoms with Gasteiger partial charge in [0.25, 0.3) is 0 Å². The van der Waals surface area contributed by atoms with Crippen molar-refractivity contribution in [2.75, 3.05) is 32.8 Å². The molecule has 2 rings (SSSR count). The van der Waals surface area contributed by atoms with Crippen LogP contribution < -0.4 is 5.32 Å². The molecule has 1 atom stereocenters. The zero-order valence-electron chi connectivity index (χ0n) is 13.8. The largest absolute Gasteiger partial charge is 0.465 e. The van der Waals surface area contributed by atoms with Crippen molar-refractivity contribution in [1.29, 1.82) is 0 Å². The maximum Gasteiger partial charge on any atom is 0.220 e. The third-order valence-electron chi connectivity index (χ3n) is 4.08. The van der Waals surface area contributed by atoms with E-state index in [1.54, 1.807) is 0 Å². The van der Waals surface area contributed by atoms with Crippen molar-refractivity contribution >= 4 is 5.91 Å². The molecule has 2 heterocycles. The summed E-state index contributed by atoms with van der Waals surface area (Å²) in [7, 11) is 0. The van der Waals surface area contributed by atoms with E-state index in [1.165, 1.54) is 0 Å². The van der Waals surface area contributed by atoms with Crippen LogP contribution in [0.15, 0.2) is 16.5 Å². The van der Waals surface area contributed by atoms with Gasteiger partial charge in [0.2, 0.25) is 5.91 Å². The number of ether oxygens (including phenoxy) is 1. The molecule has 1 N–H and O–H groups in total. The van der Waals surface area contributed by atoms with Crippen LogP contribution in [-0.2, 0) is 9.53 Å². The van der Waals surface area contributed by atoms with Crippen LogP contribution in [0, 0.1) is 6.92 Å². The molecular formula is C17H28N2O3. The number of aryl methyl sites for hydroxylation is 1. The smallest absolute Gasteiger partial charge is 0.220 e. The van der Waals surface area contributed by atoms with Crippen LogP contribution >= 0.6 is 0 Å². The first-order valence-corrected chi connectivity index (χ1v) is 8.35. The molecule has 1 fully saturated rings. The molecule has 0 bridgehead atoms. The highest BCUT2D eigenvalue weighted by Crippen LogP contribution is 2.23. The van der Waals surface area contributed by atoms with Gasteiger partial charge in [0, 0.05) is 26.1 Å². The van der Waals surface area contributed by atoms with E-state index in [-0.39, 0.29) is 11.9 Å². The van der Waals surface area contributed by atoms with Gasteiger partial charge in [0.15, 0.2) is 0 Å². The minimum atomic E-state index is 0.0905. The number of furan rings is 1. The van der Waals surface area contributed by atoms with Crippen molar-refractivity contribution in [3.63, 3.8) is 0 Å². The Hall–Kier alpha value is -1.33. The number of carbonyl (C=O) groups excluding carboxylic acids is 1. The highest BCUT2D eigenvalue weighted by Gasteiger charge is 2.25. The summed E-state index contributed by atoms with van der Waals surface area (Å²) in [4.78, 5) is 14.3. The second-order valence-corrected chi connectivity index (χ2v) is 5.87. The van der Waals surface area contributed by atoms with Crippen LogP contribution in [0.1, 0.15) is 50.2 Å². The first-order valence-electron chi connectivity index (χ1n) is 8.35. The predicted molar refractivity (Wildman–Crippen MR) is 85.7 cm³/mol. The van der Waals surface area contributed by atoms with Gasteiger partial charge in [-0.3, -0.25) is 9.69 Å². The summed E-state index contributed by atoms with van der Waals surface area (Å²) >= 11 is 0. The monoisotopic (exact) mass is 308 g/mol. The maximum atomic E-state index is 12.0. The lowest BCUT2D eigenvalue weighted by atomic mass is 10.1. The third kappa shape index (κ3) is 5.14. The number of rotatable bonds is 8. The quantitative estimate of drug-likeness (QED) is 0.750. The first-order chi connectivity index (χ1) is 10.7. The Balaban J connectivity index is 1.91. The van der Waals surface area contributed by atoms with E-state index >= 15 is 0 Å². The van der Waals surface area contributed by atoms with Gasteiger partial charge in [-0.25, -0.2) is 0 Å². The summed E-state index contributed by atoms with van der Waals surface area (Å²) in [6.07, 6.45) is 3.82. The lowest BCUT2D eigenvalue weighted by Crippen LogP contribution is -2.43. The zero-order chi connectivity index (χ0) is 15.8. The lowest BCUT2D eigenvalue weighted by Gasteiger charge is -2.33. The minimum absolute atomic E-state index is 0.0905. The zero-order valence-corrected chi connectivity index (χ0v) is 13.8. The number of unbranched alkanes of at least 4 members (excludes halogenated alkanes) is 2. The van der Waals surface area contributed by atoms with Crippen LogP contribution in [0.5, 0.6) is 0 Å². The molecule has 1 aromatic heterocycles. The van der Waals surface area contributed by atoms with Gasteiger partial charge in [-0.05, 0) is 25.5 Å². The van der Waals surface area contributed by atoms with E-state index in [1.807, 2.05) is 19.1 Å². The average Bonchev–Trinajstić information content (AvgIpc) is 2.95. The average molecular weight is 308 g/mol. The number of amides is 1. The van der Waals surface area contributed by atoms with E-state index in [2.05, 4.69) is 17.1 Å². The molecule has 22 heavy (non-hydrogen) atoms. The van der Waals surface area contributed by atoms with Crippen molar-refractivity contribution in [2.45, 2.75) is 45.6 Å². The fraction of sp³-hybridized carbons (Fsp3) is 0.706. The Labute approximate surface area is 133 Å². The van der Waals surface area contributed by atoms with Gasteiger partial charge in [-0.2, -0.15) is 0 Å². The molecular weight excluding hydrogens is 280 g/mol. The van der Waals surface area contributed by atoms with E-state index in [4.69, 9.17) is 9.15 Å². The summed E-state index contributed by atoms with van der Waals surface area (Å²) in [6.45, 7) is 7.90. The van der Waals surface area contributed by atoms with Gasteiger partial charge < -0.3 is 14.5 Å². The number of morpholine rings is 1. The molecule has 0 aliphatic carbocycles. The second-order valence-electron chi connectivity index (χ2n) is 5.87. The van der Waals surface area contributed by atoms with Gasteiger partial charge in [0.1, 0.15) is 11.5 Å². The molecule has 1 aliphatic rings. The third-order valence-corrected chi connectivity index (χ3v) is 4.08.